The van der Waals surface area contributed by atoms with E-state index in [1.165, 1.54) is 0 Å². The smallest absolute Gasteiger partial charge is 0.151 e. The Morgan fingerprint density at radius 3 is 2.80 bits per heavy atom. The van der Waals surface area contributed by atoms with Crippen molar-refractivity contribution in [2.24, 2.45) is 7.05 Å². The predicted molar refractivity (Wildman–Crippen MR) is 57.6 cm³/mol. The summed E-state index contributed by atoms with van der Waals surface area (Å²) in [5, 5.41) is 15.2. The van der Waals surface area contributed by atoms with Crippen LogP contribution in [0.25, 0.3) is 0 Å². The lowest BCUT2D eigenvalue weighted by Crippen LogP contribution is -2.06. The quantitative estimate of drug-likeness (QED) is 0.856. The van der Waals surface area contributed by atoms with Crippen LogP contribution in [0.1, 0.15) is 5.69 Å². The molecule has 0 saturated heterocycles. The second-order valence-corrected chi connectivity index (χ2v) is 3.43. The lowest BCUT2D eigenvalue weighted by molar-refractivity contribution is 0.719. The van der Waals surface area contributed by atoms with Gasteiger partial charge >= 0.3 is 0 Å². The van der Waals surface area contributed by atoms with E-state index in [0.29, 0.717) is 17.5 Å². The van der Waals surface area contributed by atoms with Crippen LogP contribution in [0.3, 0.4) is 0 Å². The first-order valence-electron chi connectivity index (χ1n) is 4.46. The topological polar surface area (TPSA) is 55.6 Å². The first kappa shape index (κ1) is 9.92. The van der Waals surface area contributed by atoms with E-state index >= 15 is 0 Å². The molecule has 78 valence electrons. The maximum atomic E-state index is 5.62. The Bertz CT molecular complexity index is 436. The number of hydrogen-bond donors (Lipinski definition) is 1. The lowest BCUT2D eigenvalue weighted by atomic mass is 10.4. The maximum Gasteiger partial charge on any atom is 0.151 e. The molecule has 1 N–H and O–H groups in total. The van der Waals surface area contributed by atoms with Crippen LogP contribution >= 0.6 is 11.6 Å². The molecule has 6 heteroatoms. The third-order valence-electron chi connectivity index (χ3n) is 2.01. The van der Waals surface area contributed by atoms with Gasteiger partial charge in [-0.25, -0.2) is 0 Å². The van der Waals surface area contributed by atoms with Gasteiger partial charge in [-0.3, -0.25) is 4.68 Å². The van der Waals surface area contributed by atoms with Gasteiger partial charge in [0.2, 0.25) is 0 Å². The molecule has 5 nitrogen and oxygen atoms in total. The minimum absolute atomic E-state index is 0.390. The third-order valence-corrected chi connectivity index (χ3v) is 2.21. The molecule has 0 spiro atoms. The summed E-state index contributed by atoms with van der Waals surface area (Å²) in [6.07, 6.45) is 1.75. The van der Waals surface area contributed by atoms with Crippen molar-refractivity contribution in [1.29, 1.82) is 0 Å². The Morgan fingerprint density at radius 2 is 2.20 bits per heavy atom. The van der Waals surface area contributed by atoms with Crippen molar-refractivity contribution in [3.8, 4) is 0 Å². The molecule has 2 aromatic rings. The normalized spacial score (nSPS) is 10.3. The summed E-state index contributed by atoms with van der Waals surface area (Å²) < 4.78 is 1.80. The Hall–Kier alpha value is -1.62. The van der Waals surface area contributed by atoms with Gasteiger partial charge in [0, 0.05) is 13.2 Å². The summed E-state index contributed by atoms with van der Waals surface area (Å²) in [6, 6.07) is 5.42. The summed E-state index contributed by atoms with van der Waals surface area (Å²) >= 11 is 5.62. The molecule has 0 radical (unpaired) electrons. The van der Waals surface area contributed by atoms with Crippen molar-refractivity contribution >= 4 is 17.4 Å². The SMILES string of the molecule is Cn1nccc1CNc1ccc(Cl)nn1. The Balaban J connectivity index is 1.99. The van der Waals surface area contributed by atoms with Crippen molar-refractivity contribution in [1.82, 2.24) is 20.0 Å². The Morgan fingerprint density at radius 1 is 1.33 bits per heavy atom. The second-order valence-electron chi connectivity index (χ2n) is 3.04. The van der Waals surface area contributed by atoms with Gasteiger partial charge in [-0.15, -0.1) is 10.2 Å². The molecule has 0 bridgehead atoms. The molecular formula is C9H10ClN5. The maximum absolute atomic E-state index is 5.62. The highest BCUT2D eigenvalue weighted by Crippen LogP contribution is 2.07. The third kappa shape index (κ3) is 2.44. The second kappa shape index (κ2) is 4.27. The van der Waals surface area contributed by atoms with Gasteiger partial charge < -0.3 is 5.32 Å². The average molecular weight is 224 g/mol. The predicted octanol–water partition coefficient (Wildman–Crippen LogP) is 1.48. The van der Waals surface area contributed by atoms with Crippen LogP contribution in [0.2, 0.25) is 5.15 Å². The number of aromatic nitrogens is 4. The van der Waals surface area contributed by atoms with Crippen LogP contribution in [0.5, 0.6) is 0 Å². The highest BCUT2D eigenvalue weighted by molar-refractivity contribution is 6.29. The fourth-order valence-corrected chi connectivity index (χ4v) is 1.27. The molecule has 0 unspecified atom stereocenters. The molecule has 2 aromatic heterocycles. The van der Waals surface area contributed by atoms with Crippen LogP contribution in [0.4, 0.5) is 5.82 Å². The number of hydrogen-bond acceptors (Lipinski definition) is 4. The summed E-state index contributed by atoms with van der Waals surface area (Å²) in [6.45, 7) is 0.660. The first-order chi connectivity index (χ1) is 7.25. The Labute approximate surface area is 92.1 Å². The largest absolute Gasteiger partial charge is 0.363 e. The van der Waals surface area contributed by atoms with Gasteiger partial charge in [0.15, 0.2) is 5.15 Å². The van der Waals surface area contributed by atoms with E-state index in [9.17, 15) is 0 Å². The van der Waals surface area contributed by atoms with Gasteiger partial charge in [0.05, 0.1) is 12.2 Å². The van der Waals surface area contributed by atoms with Crippen LogP contribution < -0.4 is 5.32 Å². The van der Waals surface area contributed by atoms with Crippen molar-refractivity contribution in [2.45, 2.75) is 6.54 Å². The van der Waals surface area contributed by atoms with Gasteiger partial charge in [0.25, 0.3) is 0 Å². The number of nitrogens with one attached hydrogen (secondary N) is 1. The lowest BCUT2D eigenvalue weighted by Gasteiger charge is -2.04. The molecule has 2 rings (SSSR count). The van der Waals surface area contributed by atoms with Crippen molar-refractivity contribution < 1.29 is 0 Å². The molecule has 0 atom stereocenters. The van der Waals surface area contributed by atoms with E-state index in [1.807, 2.05) is 13.1 Å². The molecule has 0 aliphatic rings. The molecule has 0 aliphatic carbocycles. The van der Waals surface area contributed by atoms with Gasteiger partial charge in [-0.1, -0.05) is 11.6 Å². The minimum Gasteiger partial charge on any atom is -0.363 e. The summed E-state index contributed by atoms with van der Waals surface area (Å²) in [4.78, 5) is 0. The van der Waals surface area contributed by atoms with E-state index < -0.39 is 0 Å². The van der Waals surface area contributed by atoms with Crippen LogP contribution in [0, 0.1) is 0 Å². The fourth-order valence-electron chi connectivity index (χ4n) is 1.17. The monoisotopic (exact) mass is 223 g/mol. The first-order valence-corrected chi connectivity index (χ1v) is 4.83. The van der Waals surface area contributed by atoms with E-state index in [2.05, 4.69) is 20.6 Å². The number of aryl methyl sites for hydroxylation is 1. The molecule has 0 aliphatic heterocycles. The number of rotatable bonds is 3. The van der Waals surface area contributed by atoms with Gasteiger partial charge in [0.1, 0.15) is 5.82 Å². The standard InChI is InChI=1S/C9H10ClN5/c1-15-7(4-5-12-15)6-11-9-3-2-8(10)13-14-9/h2-5H,6H2,1H3,(H,11,14). The zero-order chi connectivity index (χ0) is 10.7. The summed E-state index contributed by atoms with van der Waals surface area (Å²) in [5.41, 5.74) is 1.08. The molecular weight excluding hydrogens is 214 g/mol. The zero-order valence-corrected chi connectivity index (χ0v) is 8.94. The van der Waals surface area contributed by atoms with Crippen molar-refractivity contribution in [3.63, 3.8) is 0 Å². The van der Waals surface area contributed by atoms with Crippen molar-refractivity contribution in [2.75, 3.05) is 5.32 Å². The average Bonchev–Trinajstić information content (AvgIpc) is 2.63. The number of nitrogens with zero attached hydrogens (tertiary/aromatic N) is 4. The highest BCUT2D eigenvalue weighted by atomic mass is 35.5. The van der Waals surface area contributed by atoms with Crippen LogP contribution in [-0.4, -0.2) is 20.0 Å². The molecule has 0 aromatic carbocycles. The number of halogens is 1. The van der Waals surface area contributed by atoms with Gasteiger partial charge in [-0.2, -0.15) is 5.10 Å². The summed E-state index contributed by atoms with van der Waals surface area (Å²) in [7, 11) is 1.89. The summed E-state index contributed by atoms with van der Waals surface area (Å²) in [5.74, 6) is 0.695. The van der Waals surface area contributed by atoms with E-state index in [1.54, 1.807) is 23.0 Å². The molecule has 0 saturated carbocycles. The molecule has 0 fully saturated rings. The van der Waals surface area contributed by atoms with Gasteiger partial charge in [-0.05, 0) is 18.2 Å². The number of anilines is 1. The Kier molecular flexibility index (Phi) is 2.82. The van der Waals surface area contributed by atoms with Crippen molar-refractivity contribution in [3.05, 3.63) is 35.2 Å². The van der Waals surface area contributed by atoms with E-state index in [-0.39, 0.29) is 0 Å². The highest BCUT2D eigenvalue weighted by Gasteiger charge is 1.99. The minimum atomic E-state index is 0.390. The molecule has 15 heavy (non-hydrogen) atoms. The zero-order valence-electron chi connectivity index (χ0n) is 8.18. The fraction of sp³-hybridized carbons (Fsp3) is 0.222. The molecule has 0 amide bonds. The van der Waals surface area contributed by atoms with E-state index in [0.717, 1.165) is 5.69 Å². The molecule has 2 heterocycles. The van der Waals surface area contributed by atoms with Crippen LogP contribution in [0.15, 0.2) is 24.4 Å². The van der Waals surface area contributed by atoms with E-state index in [4.69, 9.17) is 11.6 Å². The van der Waals surface area contributed by atoms with Crippen LogP contribution in [-0.2, 0) is 13.6 Å².